The van der Waals surface area contributed by atoms with Gasteiger partial charge in [0.25, 0.3) is 0 Å². The predicted octanol–water partition coefficient (Wildman–Crippen LogP) is 1.54. The van der Waals surface area contributed by atoms with Crippen molar-refractivity contribution in [2.24, 2.45) is 5.92 Å². The van der Waals surface area contributed by atoms with Gasteiger partial charge in [0.2, 0.25) is 11.0 Å². The average molecular weight is 257 g/mol. The number of hydrogen-bond donors (Lipinski definition) is 2. The number of amides is 1. The fourth-order valence-electron chi connectivity index (χ4n) is 1.14. The fraction of sp³-hybridized carbons (Fsp3) is 0.600. The molecule has 0 fully saturated rings. The Kier molecular flexibility index (Phi) is 5.02. The van der Waals surface area contributed by atoms with E-state index >= 15 is 0 Å². The van der Waals surface area contributed by atoms with Crippen molar-refractivity contribution in [1.82, 2.24) is 10.2 Å². The molecular formula is C10H15N3O3S. The lowest BCUT2D eigenvalue weighted by Crippen LogP contribution is -2.12. The molecule has 1 rings (SSSR count). The lowest BCUT2D eigenvalue weighted by molar-refractivity contribution is -0.138. The van der Waals surface area contributed by atoms with Crippen LogP contribution in [0.4, 0.5) is 5.13 Å². The van der Waals surface area contributed by atoms with Crippen LogP contribution in [0.3, 0.4) is 0 Å². The smallest absolute Gasteiger partial charge is 0.303 e. The third kappa shape index (κ3) is 5.39. The minimum Gasteiger partial charge on any atom is -0.481 e. The molecule has 0 atom stereocenters. The zero-order valence-corrected chi connectivity index (χ0v) is 10.6. The van der Waals surface area contributed by atoms with Gasteiger partial charge in [-0.3, -0.25) is 9.59 Å². The van der Waals surface area contributed by atoms with Crippen LogP contribution in [0.2, 0.25) is 0 Å². The number of aromatic nitrogens is 2. The lowest BCUT2D eigenvalue weighted by Gasteiger charge is -1.98. The van der Waals surface area contributed by atoms with Crippen LogP contribution in [-0.2, 0) is 16.0 Å². The fourth-order valence-corrected chi connectivity index (χ4v) is 2.11. The van der Waals surface area contributed by atoms with Crippen LogP contribution in [0, 0.1) is 5.92 Å². The van der Waals surface area contributed by atoms with Crippen LogP contribution in [-0.4, -0.2) is 27.2 Å². The monoisotopic (exact) mass is 257 g/mol. The quantitative estimate of drug-likeness (QED) is 0.806. The van der Waals surface area contributed by atoms with Crippen molar-refractivity contribution < 1.29 is 14.7 Å². The van der Waals surface area contributed by atoms with Gasteiger partial charge in [0.05, 0.1) is 6.42 Å². The Bertz CT molecular complexity index is 403. The first-order valence-electron chi connectivity index (χ1n) is 5.31. The van der Waals surface area contributed by atoms with E-state index in [1.807, 2.05) is 0 Å². The molecule has 17 heavy (non-hydrogen) atoms. The Labute approximate surface area is 103 Å². The van der Waals surface area contributed by atoms with Crippen molar-refractivity contribution in [2.45, 2.75) is 33.1 Å². The second kappa shape index (κ2) is 6.29. The first kappa shape index (κ1) is 13.6. The van der Waals surface area contributed by atoms with Crippen molar-refractivity contribution in [1.29, 1.82) is 0 Å². The Hall–Kier alpha value is -1.50. The first-order valence-corrected chi connectivity index (χ1v) is 6.13. The highest BCUT2D eigenvalue weighted by atomic mass is 32.1. The standard InChI is InChI=1S/C10H15N3O3S/c1-6(2)5-8-12-13-10(17-8)11-7(14)3-4-9(15)16/h6H,3-5H2,1-2H3,(H,15,16)(H,11,13,14). The van der Waals surface area contributed by atoms with Gasteiger partial charge in [-0.05, 0) is 5.92 Å². The molecule has 1 heterocycles. The summed E-state index contributed by atoms with van der Waals surface area (Å²) in [5, 5.41) is 20.0. The summed E-state index contributed by atoms with van der Waals surface area (Å²) in [6.45, 7) is 4.15. The molecule has 0 unspecified atom stereocenters. The highest BCUT2D eigenvalue weighted by Gasteiger charge is 2.10. The topological polar surface area (TPSA) is 92.2 Å². The number of nitrogens with one attached hydrogen (secondary N) is 1. The molecule has 0 radical (unpaired) electrons. The number of aliphatic carboxylic acids is 1. The zero-order chi connectivity index (χ0) is 12.8. The van der Waals surface area contributed by atoms with Crippen LogP contribution in [0.25, 0.3) is 0 Å². The summed E-state index contributed by atoms with van der Waals surface area (Å²) in [5.41, 5.74) is 0. The summed E-state index contributed by atoms with van der Waals surface area (Å²) < 4.78 is 0. The second-order valence-corrected chi connectivity index (χ2v) is 5.10. The molecule has 0 aliphatic rings. The van der Waals surface area contributed by atoms with Gasteiger partial charge < -0.3 is 10.4 Å². The highest BCUT2D eigenvalue weighted by molar-refractivity contribution is 7.15. The van der Waals surface area contributed by atoms with Crippen LogP contribution < -0.4 is 5.32 Å². The summed E-state index contributed by atoms with van der Waals surface area (Å²) in [5.74, 6) is -0.851. The maximum atomic E-state index is 11.3. The number of nitrogens with zero attached hydrogens (tertiary/aromatic N) is 2. The van der Waals surface area contributed by atoms with Crippen molar-refractivity contribution in [2.75, 3.05) is 5.32 Å². The van der Waals surface area contributed by atoms with Crippen molar-refractivity contribution in [3.05, 3.63) is 5.01 Å². The Balaban J connectivity index is 2.43. The SMILES string of the molecule is CC(C)Cc1nnc(NC(=O)CCC(=O)O)s1. The van der Waals surface area contributed by atoms with Gasteiger partial charge in [-0.2, -0.15) is 0 Å². The van der Waals surface area contributed by atoms with Gasteiger partial charge in [-0.25, -0.2) is 0 Å². The van der Waals surface area contributed by atoms with Gasteiger partial charge in [0.15, 0.2) is 0 Å². The summed E-state index contributed by atoms with van der Waals surface area (Å²) in [4.78, 5) is 21.6. The number of rotatable bonds is 6. The van der Waals surface area contributed by atoms with Crippen molar-refractivity contribution >= 4 is 28.3 Å². The molecule has 2 N–H and O–H groups in total. The van der Waals surface area contributed by atoms with E-state index in [1.165, 1.54) is 11.3 Å². The maximum absolute atomic E-state index is 11.3. The van der Waals surface area contributed by atoms with Crippen LogP contribution in [0.15, 0.2) is 0 Å². The number of hydrogen-bond acceptors (Lipinski definition) is 5. The average Bonchev–Trinajstić information content (AvgIpc) is 2.61. The number of carbonyl (C=O) groups is 2. The largest absolute Gasteiger partial charge is 0.481 e. The number of carboxylic acids is 1. The third-order valence-corrected chi connectivity index (χ3v) is 2.72. The van der Waals surface area contributed by atoms with Crippen LogP contribution in [0.5, 0.6) is 0 Å². The maximum Gasteiger partial charge on any atom is 0.303 e. The molecule has 0 aliphatic heterocycles. The van der Waals surface area contributed by atoms with E-state index in [2.05, 4.69) is 29.4 Å². The van der Waals surface area contributed by atoms with E-state index in [1.54, 1.807) is 0 Å². The Morgan fingerprint density at radius 3 is 2.65 bits per heavy atom. The summed E-state index contributed by atoms with van der Waals surface area (Å²) >= 11 is 1.32. The van der Waals surface area contributed by atoms with Crippen LogP contribution in [0.1, 0.15) is 31.7 Å². The Morgan fingerprint density at radius 2 is 2.06 bits per heavy atom. The second-order valence-electron chi connectivity index (χ2n) is 4.04. The highest BCUT2D eigenvalue weighted by Crippen LogP contribution is 2.18. The molecule has 0 aliphatic carbocycles. The normalized spacial score (nSPS) is 10.5. The van der Waals surface area contributed by atoms with E-state index in [0.717, 1.165) is 11.4 Å². The first-order chi connectivity index (χ1) is 7.97. The minimum atomic E-state index is -0.988. The predicted molar refractivity (Wildman–Crippen MR) is 64.0 cm³/mol. The van der Waals surface area contributed by atoms with Gasteiger partial charge in [0, 0.05) is 12.8 Å². The molecule has 1 aromatic heterocycles. The van der Waals surface area contributed by atoms with Crippen molar-refractivity contribution in [3.8, 4) is 0 Å². The summed E-state index contributed by atoms with van der Waals surface area (Å²) in [6, 6.07) is 0. The third-order valence-electron chi connectivity index (χ3n) is 1.86. The lowest BCUT2D eigenvalue weighted by atomic mass is 10.1. The Morgan fingerprint density at radius 1 is 1.35 bits per heavy atom. The minimum absolute atomic E-state index is 0.0472. The molecule has 0 spiro atoms. The van der Waals surface area contributed by atoms with E-state index in [0.29, 0.717) is 11.0 Å². The summed E-state index contributed by atoms with van der Waals surface area (Å²) in [6.07, 6.45) is 0.598. The van der Waals surface area contributed by atoms with E-state index in [9.17, 15) is 9.59 Å². The van der Waals surface area contributed by atoms with Gasteiger partial charge in [0.1, 0.15) is 5.01 Å². The van der Waals surface area contributed by atoms with E-state index in [4.69, 9.17) is 5.11 Å². The molecule has 0 saturated heterocycles. The molecule has 1 aromatic rings. The number of anilines is 1. The molecular weight excluding hydrogens is 242 g/mol. The van der Waals surface area contributed by atoms with Gasteiger partial charge >= 0.3 is 5.97 Å². The zero-order valence-electron chi connectivity index (χ0n) is 9.77. The molecule has 6 nitrogen and oxygen atoms in total. The molecule has 0 bridgehead atoms. The van der Waals surface area contributed by atoms with Gasteiger partial charge in [-0.15, -0.1) is 10.2 Å². The number of carboxylic acid groups (broad SMARTS) is 1. The molecule has 0 saturated carbocycles. The molecule has 7 heteroatoms. The van der Waals surface area contributed by atoms with E-state index < -0.39 is 5.97 Å². The molecule has 1 amide bonds. The van der Waals surface area contributed by atoms with Gasteiger partial charge in [-0.1, -0.05) is 25.2 Å². The number of carbonyl (C=O) groups excluding carboxylic acids is 1. The molecule has 94 valence electrons. The van der Waals surface area contributed by atoms with Crippen molar-refractivity contribution in [3.63, 3.8) is 0 Å². The molecule has 0 aromatic carbocycles. The van der Waals surface area contributed by atoms with Crippen LogP contribution >= 0.6 is 11.3 Å². The summed E-state index contributed by atoms with van der Waals surface area (Å²) in [7, 11) is 0. The van der Waals surface area contributed by atoms with E-state index in [-0.39, 0.29) is 18.7 Å².